The molecule has 0 amide bonds. The Morgan fingerprint density at radius 3 is 2.81 bits per heavy atom. The molecule has 0 aliphatic carbocycles. The number of carbonyl (C=O) groups is 2. The van der Waals surface area contributed by atoms with E-state index in [0.717, 1.165) is 25.7 Å². The van der Waals surface area contributed by atoms with Crippen LogP contribution in [0.2, 0.25) is 0 Å². The van der Waals surface area contributed by atoms with Gasteiger partial charge in [-0.15, -0.1) is 0 Å². The summed E-state index contributed by atoms with van der Waals surface area (Å²) in [6.45, 7) is 5.42. The van der Waals surface area contributed by atoms with Gasteiger partial charge in [0.1, 0.15) is 6.61 Å². The molecule has 0 spiro atoms. The molecule has 0 saturated carbocycles. The monoisotopic (exact) mass is 228 g/mol. The lowest BCUT2D eigenvalue weighted by molar-refractivity contribution is -0.158. The van der Waals surface area contributed by atoms with Crippen LogP contribution >= 0.6 is 0 Å². The van der Waals surface area contributed by atoms with E-state index in [0.29, 0.717) is 0 Å². The number of hydrogen-bond donors (Lipinski definition) is 0. The van der Waals surface area contributed by atoms with Gasteiger partial charge < -0.3 is 9.47 Å². The highest BCUT2D eigenvalue weighted by Gasteiger charge is 2.49. The first kappa shape index (κ1) is 13.0. The minimum Gasteiger partial charge on any atom is -0.461 e. The van der Waals surface area contributed by atoms with Gasteiger partial charge in [-0.2, -0.15) is 0 Å². The summed E-state index contributed by atoms with van der Waals surface area (Å²) < 4.78 is 10.2. The van der Waals surface area contributed by atoms with Crippen molar-refractivity contribution in [3.8, 4) is 0 Å². The second kappa shape index (κ2) is 5.32. The molecule has 1 aliphatic heterocycles. The molecule has 1 fully saturated rings. The highest BCUT2D eigenvalue weighted by molar-refractivity contribution is 5.77. The summed E-state index contributed by atoms with van der Waals surface area (Å²) in [5.41, 5.74) is -0.767. The molecule has 0 radical (unpaired) electrons. The molecule has 1 saturated heterocycles. The maximum absolute atomic E-state index is 11.6. The third kappa shape index (κ3) is 2.97. The van der Waals surface area contributed by atoms with Crippen molar-refractivity contribution in [2.45, 2.75) is 52.1 Å². The van der Waals surface area contributed by atoms with Crippen LogP contribution in [0.5, 0.6) is 0 Å². The number of rotatable bonds is 5. The van der Waals surface area contributed by atoms with Crippen molar-refractivity contribution in [2.75, 3.05) is 6.61 Å². The van der Waals surface area contributed by atoms with Crippen molar-refractivity contribution in [3.05, 3.63) is 0 Å². The lowest BCUT2D eigenvalue weighted by Crippen LogP contribution is -2.39. The van der Waals surface area contributed by atoms with Crippen molar-refractivity contribution in [1.82, 2.24) is 0 Å². The summed E-state index contributed by atoms with van der Waals surface area (Å²) in [6, 6.07) is 0. The van der Waals surface area contributed by atoms with Gasteiger partial charge in [-0.1, -0.05) is 26.2 Å². The normalized spacial score (nSPS) is 28.9. The van der Waals surface area contributed by atoms with E-state index < -0.39 is 5.60 Å². The highest BCUT2D eigenvalue weighted by atomic mass is 16.6. The molecule has 92 valence electrons. The maximum atomic E-state index is 11.6. The van der Waals surface area contributed by atoms with Gasteiger partial charge in [0.2, 0.25) is 0 Å². The average Bonchev–Trinajstić information content (AvgIpc) is 2.44. The van der Waals surface area contributed by atoms with Crippen LogP contribution in [0.4, 0.5) is 0 Å². The first-order chi connectivity index (χ1) is 7.49. The van der Waals surface area contributed by atoms with E-state index in [2.05, 4.69) is 6.92 Å². The molecule has 1 aliphatic rings. The Morgan fingerprint density at radius 1 is 1.56 bits per heavy atom. The number of ether oxygens (including phenoxy) is 2. The fraction of sp³-hybridized carbons (Fsp3) is 0.833. The number of esters is 2. The van der Waals surface area contributed by atoms with Gasteiger partial charge in [-0.05, 0) is 13.3 Å². The fourth-order valence-electron chi connectivity index (χ4n) is 2.12. The molecule has 1 rings (SSSR count). The maximum Gasteiger partial charge on any atom is 0.313 e. The molecule has 0 aromatic rings. The molecule has 0 N–H and O–H groups in total. The van der Waals surface area contributed by atoms with Gasteiger partial charge in [0, 0.05) is 6.92 Å². The lowest BCUT2D eigenvalue weighted by atomic mass is 9.87. The second-order valence-electron chi connectivity index (χ2n) is 4.56. The summed E-state index contributed by atoms with van der Waals surface area (Å²) >= 11 is 0. The molecule has 2 atom stereocenters. The quantitative estimate of drug-likeness (QED) is 0.534. The van der Waals surface area contributed by atoms with Crippen LogP contribution < -0.4 is 0 Å². The fourth-order valence-corrected chi connectivity index (χ4v) is 2.12. The van der Waals surface area contributed by atoms with E-state index in [9.17, 15) is 9.59 Å². The molecule has 2 unspecified atom stereocenters. The second-order valence-corrected chi connectivity index (χ2v) is 4.56. The highest BCUT2D eigenvalue weighted by Crippen LogP contribution is 2.34. The van der Waals surface area contributed by atoms with Gasteiger partial charge >= 0.3 is 11.9 Å². The Hall–Kier alpha value is -1.06. The van der Waals surface area contributed by atoms with Gasteiger partial charge in [0.25, 0.3) is 0 Å². The zero-order valence-electron chi connectivity index (χ0n) is 10.2. The van der Waals surface area contributed by atoms with Gasteiger partial charge in [-0.3, -0.25) is 9.59 Å². The standard InChI is InChI=1S/C12H20O4/c1-4-5-6-7-10-11(14)15-8-12(10,3)16-9(2)13/h10H,4-8H2,1-3H3. The van der Waals surface area contributed by atoms with Gasteiger partial charge in [-0.25, -0.2) is 0 Å². The van der Waals surface area contributed by atoms with E-state index in [-0.39, 0.29) is 24.5 Å². The van der Waals surface area contributed by atoms with Crippen LogP contribution in [0.3, 0.4) is 0 Å². The summed E-state index contributed by atoms with van der Waals surface area (Å²) in [6.07, 6.45) is 3.88. The third-order valence-corrected chi connectivity index (χ3v) is 3.00. The van der Waals surface area contributed by atoms with E-state index in [1.54, 1.807) is 6.92 Å². The Bertz CT molecular complexity index is 274. The smallest absolute Gasteiger partial charge is 0.313 e. The Balaban J connectivity index is 2.61. The zero-order valence-corrected chi connectivity index (χ0v) is 10.2. The number of carbonyl (C=O) groups excluding carboxylic acids is 2. The largest absolute Gasteiger partial charge is 0.461 e. The Labute approximate surface area is 96.3 Å². The third-order valence-electron chi connectivity index (χ3n) is 3.00. The van der Waals surface area contributed by atoms with Gasteiger partial charge in [0.15, 0.2) is 5.60 Å². The first-order valence-electron chi connectivity index (χ1n) is 5.86. The van der Waals surface area contributed by atoms with Crippen molar-refractivity contribution < 1.29 is 19.1 Å². The molecular formula is C12H20O4. The Kier molecular flexibility index (Phi) is 4.33. The predicted octanol–water partition coefficient (Wildman–Crippen LogP) is 2.06. The minimum absolute atomic E-state index is 0.183. The zero-order chi connectivity index (χ0) is 12.2. The lowest BCUT2D eigenvalue weighted by Gasteiger charge is -2.26. The summed E-state index contributed by atoms with van der Waals surface area (Å²) in [5, 5.41) is 0. The molecule has 4 nitrogen and oxygen atoms in total. The molecular weight excluding hydrogens is 208 g/mol. The average molecular weight is 228 g/mol. The first-order valence-corrected chi connectivity index (χ1v) is 5.86. The predicted molar refractivity (Wildman–Crippen MR) is 58.8 cm³/mol. The summed E-state index contributed by atoms with van der Waals surface area (Å²) in [4.78, 5) is 22.6. The van der Waals surface area contributed by atoms with E-state index in [1.807, 2.05) is 0 Å². The van der Waals surface area contributed by atoms with E-state index >= 15 is 0 Å². The number of hydrogen-bond acceptors (Lipinski definition) is 4. The molecule has 4 heteroatoms. The van der Waals surface area contributed by atoms with Crippen molar-refractivity contribution in [3.63, 3.8) is 0 Å². The van der Waals surface area contributed by atoms with Crippen molar-refractivity contribution in [1.29, 1.82) is 0 Å². The topological polar surface area (TPSA) is 52.6 Å². The SMILES string of the molecule is CCCCCC1C(=O)OCC1(C)OC(C)=O. The van der Waals surface area contributed by atoms with E-state index in [4.69, 9.17) is 9.47 Å². The molecule has 0 aromatic heterocycles. The number of cyclic esters (lactones) is 1. The van der Waals surface area contributed by atoms with Crippen LogP contribution in [-0.4, -0.2) is 24.1 Å². The van der Waals surface area contributed by atoms with Gasteiger partial charge in [0.05, 0.1) is 5.92 Å². The summed E-state index contributed by atoms with van der Waals surface area (Å²) in [5.74, 6) is -0.899. The van der Waals surface area contributed by atoms with Crippen molar-refractivity contribution >= 4 is 11.9 Å². The number of unbranched alkanes of at least 4 members (excludes halogenated alkanes) is 2. The van der Waals surface area contributed by atoms with Crippen LogP contribution in [-0.2, 0) is 19.1 Å². The van der Waals surface area contributed by atoms with E-state index in [1.165, 1.54) is 6.92 Å². The molecule has 0 aromatic carbocycles. The molecule has 0 bridgehead atoms. The van der Waals surface area contributed by atoms with Crippen LogP contribution in [0.15, 0.2) is 0 Å². The minimum atomic E-state index is -0.767. The Morgan fingerprint density at radius 2 is 2.25 bits per heavy atom. The van der Waals surface area contributed by atoms with Crippen LogP contribution in [0.25, 0.3) is 0 Å². The van der Waals surface area contributed by atoms with Crippen LogP contribution in [0.1, 0.15) is 46.5 Å². The van der Waals surface area contributed by atoms with Crippen LogP contribution in [0, 0.1) is 5.92 Å². The summed E-state index contributed by atoms with van der Waals surface area (Å²) in [7, 11) is 0. The van der Waals surface area contributed by atoms with Crippen molar-refractivity contribution in [2.24, 2.45) is 5.92 Å². The molecule has 1 heterocycles. The molecule has 16 heavy (non-hydrogen) atoms.